The molecule has 0 aliphatic carbocycles. The average molecular weight is 357 g/mol. The summed E-state index contributed by atoms with van der Waals surface area (Å²) >= 11 is 0. The van der Waals surface area contributed by atoms with Crippen LogP contribution in [0.15, 0.2) is 47.4 Å². The molecule has 0 bridgehead atoms. The summed E-state index contributed by atoms with van der Waals surface area (Å²) in [7, 11) is -3.72. The number of hydrogen-bond acceptors (Lipinski definition) is 3. The number of para-hydroxylation sites is 1. The number of nitrogens with one attached hydrogen (secondary N) is 1. The number of sulfonamides is 1. The number of anilines is 1. The number of benzene rings is 2. The molecule has 7 heteroatoms. The maximum atomic E-state index is 13.3. The number of aryl methyl sites for hydroxylation is 1. The van der Waals surface area contributed by atoms with Gasteiger partial charge >= 0.3 is 0 Å². The topological polar surface area (TPSA) is 49.4 Å². The largest absolute Gasteiger partial charge is 0.311 e. The standard InChI is InChI=1S/C16H17FN2O2S.ClH/c1-12-10-14(17)6-7-16(12)22(20,21)19-9-8-18-11-13-4-2-3-5-15(13)19;/h2-7,10,18H,8-9,11H2,1H3;1H. The normalized spacial score (nSPS) is 14.6. The smallest absolute Gasteiger partial charge is 0.264 e. The van der Waals surface area contributed by atoms with Gasteiger partial charge in [0.25, 0.3) is 10.0 Å². The van der Waals surface area contributed by atoms with Crippen molar-refractivity contribution in [2.45, 2.75) is 18.4 Å². The predicted octanol–water partition coefficient (Wildman–Crippen LogP) is 2.85. The molecule has 1 heterocycles. The number of fused-ring (bicyclic) bond motifs is 1. The maximum absolute atomic E-state index is 13.3. The molecule has 1 aliphatic rings. The molecule has 124 valence electrons. The lowest BCUT2D eigenvalue weighted by Crippen LogP contribution is -2.35. The van der Waals surface area contributed by atoms with E-state index in [4.69, 9.17) is 0 Å². The summed E-state index contributed by atoms with van der Waals surface area (Å²) in [6.07, 6.45) is 0. The number of rotatable bonds is 2. The highest BCUT2D eigenvalue weighted by Gasteiger charge is 2.29. The Kier molecular flexibility index (Phi) is 5.29. The van der Waals surface area contributed by atoms with E-state index < -0.39 is 15.8 Å². The summed E-state index contributed by atoms with van der Waals surface area (Å²) in [6.45, 7) is 3.15. The van der Waals surface area contributed by atoms with Crippen molar-refractivity contribution in [1.82, 2.24) is 5.32 Å². The van der Waals surface area contributed by atoms with Gasteiger partial charge in [0.15, 0.2) is 0 Å². The second-order valence-corrected chi connectivity index (χ2v) is 7.12. The SMILES string of the molecule is Cc1cc(F)ccc1S(=O)(=O)N1CCNCc2ccccc21.Cl. The van der Waals surface area contributed by atoms with Crippen molar-refractivity contribution in [3.63, 3.8) is 0 Å². The second kappa shape index (κ2) is 6.86. The lowest BCUT2D eigenvalue weighted by molar-refractivity contribution is 0.587. The fourth-order valence-corrected chi connectivity index (χ4v) is 4.41. The number of halogens is 2. The molecule has 0 aromatic heterocycles. The third-order valence-electron chi connectivity index (χ3n) is 3.77. The van der Waals surface area contributed by atoms with Crippen LogP contribution in [0.1, 0.15) is 11.1 Å². The molecule has 2 aromatic rings. The molecular formula is C16H18ClFN2O2S. The van der Waals surface area contributed by atoms with E-state index in [9.17, 15) is 12.8 Å². The minimum absolute atomic E-state index is 0. The Morgan fingerprint density at radius 1 is 1.17 bits per heavy atom. The van der Waals surface area contributed by atoms with Crippen LogP contribution in [0.5, 0.6) is 0 Å². The van der Waals surface area contributed by atoms with Crippen LogP contribution in [-0.2, 0) is 16.6 Å². The van der Waals surface area contributed by atoms with E-state index in [1.807, 2.05) is 18.2 Å². The minimum Gasteiger partial charge on any atom is -0.311 e. The van der Waals surface area contributed by atoms with Gasteiger partial charge in [0.05, 0.1) is 10.6 Å². The van der Waals surface area contributed by atoms with E-state index >= 15 is 0 Å². The van der Waals surface area contributed by atoms with Crippen LogP contribution in [-0.4, -0.2) is 21.5 Å². The molecular weight excluding hydrogens is 339 g/mol. The zero-order chi connectivity index (χ0) is 15.7. The van der Waals surface area contributed by atoms with Crippen molar-refractivity contribution in [3.05, 3.63) is 59.4 Å². The van der Waals surface area contributed by atoms with E-state index in [2.05, 4.69) is 5.32 Å². The second-order valence-electron chi connectivity index (χ2n) is 5.29. The first kappa shape index (κ1) is 17.7. The van der Waals surface area contributed by atoms with E-state index in [0.29, 0.717) is 30.9 Å². The fourth-order valence-electron chi connectivity index (χ4n) is 2.70. The van der Waals surface area contributed by atoms with Gasteiger partial charge in [-0.05, 0) is 42.3 Å². The summed E-state index contributed by atoms with van der Waals surface area (Å²) in [6, 6.07) is 11.2. The highest BCUT2D eigenvalue weighted by Crippen LogP contribution is 2.29. The van der Waals surface area contributed by atoms with Gasteiger partial charge in [0, 0.05) is 19.6 Å². The van der Waals surface area contributed by atoms with Crippen molar-refractivity contribution < 1.29 is 12.8 Å². The first-order chi connectivity index (χ1) is 10.5. The third-order valence-corrected chi connectivity index (χ3v) is 5.75. The molecule has 0 atom stereocenters. The lowest BCUT2D eigenvalue weighted by atomic mass is 10.2. The summed E-state index contributed by atoms with van der Waals surface area (Å²) in [5.41, 5.74) is 2.02. The Morgan fingerprint density at radius 2 is 1.91 bits per heavy atom. The van der Waals surface area contributed by atoms with Gasteiger partial charge in [0.1, 0.15) is 5.82 Å². The first-order valence-corrected chi connectivity index (χ1v) is 8.51. The number of nitrogens with zero attached hydrogens (tertiary/aromatic N) is 1. The van der Waals surface area contributed by atoms with Crippen molar-refractivity contribution in [2.24, 2.45) is 0 Å². The van der Waals surface area contributed by atoms with Gasteiger partial charge in [-0.15, -0.1) is 12.4 Å². The molecule has 0 fully saturated rings. The van der Waals surface area contributed by atoms with Crippen molar-refractivity contribution in [1.29, 1.82) is 0 Å². The van der Waals surface area contributed by atoms with Gasteiger partial charge < -0.3 is 5.32 Å². The van der Waals surface area contributed by atoms with Crippen LogP contribution in [0.2, 0.25) is 0 Å². The molecule has 0 unspecified atom stereocenters. The molecule has 2 aromatic carbocycles. The van der Waals surface area contributed by atoms with Gasteiger partial charge in [-0.2, -0.15) is 0 Å². The van der Waals surface area contributed by atoms with Crippen molar-refractivity contribution in [2.75, 3.05) is 17.4 Å². The molecule has 23 heavy (non-hydrogen) atoms. The highest BCUT2D eigenvalue weighted by molar-refractivity contribution is 7.92. The van der Waals surface area contributed by atoms with Gasteiger partial charge in [0.2, 0.25) is 0 Å². The Morgan fingerprint density at radius 3 is 2.65 bits per heavy atom. The lowest BCUT2D eigenvalue weighted by Gasteiger charge is -2.25. The predicted molar refractivity (Wildman–Crippen MR) is 91.1 cm³/mol. The Bertz CT molecular complexity index is 811. The molecule has 0 spiro atoms. The first-order valence-electron chi connectivity index (χ1n) is 7.07. The quantitative estimate of drug-likeness (QED) is 0.900. The minimum atomic E-state index is -3.72. The van der Waals surface area contributed by atoms with E-state index in [1.165, 1.54) is 22.5 Å². The highest BCUT2D eigenvalue weighted by atomic mass is 35.5. The molecule has 0 saturated heterocycles. The molecule has 0 radical (unpaired) electrons. The fraction of sp³-hybridized carbons (Fsp3) is 0.250. The Hall–Kier alpha value is -1.63. The summed E-state index contributed by atoms with van der Waals surface area (Å²) < 4.78 is 40.7. The van der Waals surface area contributed by atoms with E-state index in [-0.39, 0.29) is 17.3 Å². The van der Waals surface area contributed by atoms with Crippen LogP contribution < -0.4 is 9.62 Å². The van der Waals surface area contributed by atoms with E-state index in [1.54, 1.807) is 13.0 Å². The Balaban J connectivity index is 0.00000192. The molecule has 3 rings (SSSR count). The van der Waals surface area contributed by atoms with Crippen LogP contribution in [0, 0.1) is 12.7 Å². The summed E-state index contributed by atoms with van der Waals surface area (Å²) in [5.74, 6) is -0.436. The van der Waals surface area contributed by atoms with Crippen LogP contribution in [0.3, 0.4) is 0 Å². The third kappa shape index (κ3) is 3.34. The van der Waals surface area contributed by atoms with Crippen molar-refractivity contribution in [3.8, 4) is 0 Å². The van der Waals surface area contributed by atoms with Gasteiger partial charge in [-0.25, -0.2) is 12.8 Å². The Labute approximate surface area is 141 Å². The van der Waals surface area contributed by atoms with Gasteiger partial charge in [-0.1, -0.05) is 18.2 Å². The molecule has 0 amide bonds. The maximum Gasteiger partial charge on any atom is 0.264 e. The molecule has 1 aliphatic heterocycles. The summed E-state index contributed by atoms with van der Waals surface area (Å²) in [4.78, 5) is 0.144. The monoisotopic (exact) mass is 356 g/mol. The number of hydrogen-bond donors (Lipinski definition) is 1. The van der Waals surface area contributed by atoms with Crippen LogP contribution in [0.25, 0.3) is 0 Å². The zero-order valence-corrected chi connectivity index (χ0v) is 14.3. The molecule has 4 nitrogen and oxygen atoms in total. The van der Waals surface area contributed by atoms with Crippen LogP contribution in [0.4, 0.5) is 10.1 Å². The molecule has 1 N–H and O–H groups in total. The average Bonchev–Trinajstić information content (AvgIpc) is 2.69. The van der Waals surface area contributed by atoms with Crippen molar-refractivity contribution >= 4 is 28.1 Å². The molecule has 0 saturated carbocycles. The zero-order valence-electron chi connectivity index (χ0n) is 12.6. The van der Waals surface area contributed by atoms with E-state index in [0.717, 1.165) is 5.56 Å². The van der Waals surface area contributed by atoms with Gasteiger partial charge in [-0.3, -0.25) is 4.31 Å². The summed E-state index contributed by atoms with van der Waals surface area (Å²) in [5, 5.41) is 3.21. The van der Waals surface area contributed by atoms with Crippen LogP contribution >= 0.6 is 12.4 Å².